The van der Waals surface area contributed by atoms with Gasteiger partial charge in [0.05, 0.1) is 29.2 Å². The minimum atomic E-state index is 0.0341. The van der Waals surface area contributed by atoms with Crippen molar-refractivity contribution < 1.29 is 9.32 Å². The van der Waals surface area contributed by atoms with Gasteiger partial charge in [-0.05, 0) is 25.0 Å². The van der Waals surface area contributed by atoms with Crippen LogP contribution in [0.5, 0.6) is 0 Å². The molecule has 1 saturated heterocycles. The van der Waals surface area contributed by atoms with Crippen molar-refractivity contribution in [2.75, 3.05) is 6.54 Å². The summed E-state index contributed by atoms with van der Waals surface area (Å²) in [6, 6.07) is 9.83. The normalized spacial score (nSPS) is 18.0. The zero-order valence-corrected chi connectivity index (χ0v) is 13.0. The summed E-state index contributed by atoms with van der Waals surface area (Å²) in [4.78, 5) is 19.3. The Morgan fingerprint density at radius 2 is 2.22 bits per heavy atom. The molecule has 0 spiro atoms. The maximum Gasteiger partial charge on any atom is 0.229 e. The van der Waals surface area contributed by atoms with Crippen molar-refractivity contribution in [1.82, 2.24) is 19.6 Å². The SMILES string of the molecule is Cn1c(C2CCCN2C(=O)Cc2ccon2)nc2ccccc21. The number of para-hydroxylation sites is 2. The van der Waals surface area contributed by atoms with Crippen LogP contribution in [0.3, 0.4) is 0 Å². The summed E-state index contributed by atoms with van der Waals surface area (Å²) in [5.41, 5.74) is 2.74. The molecule has 0 N–H and O–H groups in total. The summed E-state index contributed by atoms with van der Waals surface area (Å²) in [6.07, 6.45) is 3.71. The lowest BCUT2D eigenvalue weighted by atomic mass is 10.2. The quantitative estimate of drug-likeness (QED) is 0.745. The van der Waals surface area contributed by atoms with Gasteiger partial charge in [-0.2, -0.15) is 0 Å². The summed E-state index contributed by atoms with van der Waals surface area (Å²) in [5, 5.41) is 3.83. The van der Waals surface area contributed by atoms with E-state index in [1.54, 1.807) is 6.07 Å². The van der Waals surface area contributed by atoms with Crippen LogP contribution in [0.25, 0.3) is 11.0 Å². The van der Waals surface area contributed by atoms with Gasteiger partial charge in [-0.1, -0.05) is 17.3 Å². The minimum absolute atomic E-state index is 0.0341. The van der Waals surface area contributed by atoms with Crippen molar-refractivity contribution >= 4 is 16.9 Å². The average molecular weight is 310 g/mol. The second-order valence-corrected chi connectivity index (χ2v) is 5.93. The second-order valence-electron chi connectivity index (χ2n) is 5.93. The predicted octanol–water partition coefficient (Wildman–Crippen LogP) is 2.47. The fourth-order valence-corrected chi connectivity index (χ4v) is 3.38. The number of carbonyl (C=O) groups is 1. The van der Waals surface area contributed by atoms with Crippen LogP contribution in [0.15, 0.2) is 41.1 Å². The molecule has 1 amide bonds. The number of aryl methyl sites for hydroxylation is 1. The van der Waals surface area contributed by atoms with E-state index >= 15 is 0 Å². The lowest BCUT2D eigenvalue weighted by molar-refractivity contribution is -0.131. The summed E-state index contributed by atoms with van der Waals surface area (Å²) in [6.45, 7) is 0.768. The van der Waals surface area contributed by atoms with E-state index in [2.05, 4.69) is 15.8 Å². The Labute approximate surface area is 133 Å². The van der Waals surface area contributed by atoms with Crippen LogP contribution in [-0.4, -0.2) is 32.1 Å². The first-order chi connectivity index (χ1) is 11.2. The Kier molecular flexibility index (Phi) is 3.37. The van der Waals surface area contributed by atoms with Crippen molar-refractivity contribution in [1.29, 1.82) is 0 Å². The van der Waals surface area contributed by atoms with Crippen molar-refractivity contribution in [2.45, 2.75) is 25.3 Å². The molecule has 3 heterocycles. The molecule has 0 aliphatic carbocycles. The largest absolute Gasteiger partial charge is 0.364 e. The van der Waals surface area contributed by atoms with Gasteiger partial charge in [-0.15, -0.1) is 0 Å². The standard InChI is InChI=1S/C17H18N4O2/c1-20-14-6-3-2-5-13(14)18-17(20)15-7-4-9-21(15)16(22)11-12-8-10-23-19-12/h2-3,5-6,8,10,15H,4,7,9,11H2,1H3. The molecule has 6 nitrogen and oxygen atoms in total. The lowest BCUT2D eigenvalue weighted by Gasteiger charge is -2.24. The van der Waals surface area contributed by atoms with Crippen LogP contribution in [0.4, 0.5) is 0 Å². The molecule has 1 atom stereocenters. The van der Waals surface area contributed by atoms with Gasteiger partial charge in [0.25, 0.3) is 0 Å². The fraction of sp³-hybridized carbons (Fsp3) is 0.353. The van der Waals surface area contributed by atoms with Crippen molar-refractivity contribution in [3.05, 3.63) is 48.1 Å². The highest BCUT2D eigenvalue weighted by atomic mass is 16.5. The number of hydrogen-bond acceptors (Lipinski definition) is 4. The molecule has 118 valence electrons. The Balaban J connectivity index is 1.64. The van der Waals surface area contributed by atoms with E-state index < -0.39 is 0 Å². The number of imidazole rings is 1. The van der Waals surface area contributed by atoms with Gasteiger partial charge in [-0.25, -0.2) is 4.98 Å². The van der Waals surface area contributed by atoms with Crippen LogP contribution in [0.2, 0.25) is 0 Å². The Bertz CT molecular complexity index is 838. The number of hydrogen-bond donors (Lipinski definition) is 0. The molecule has 0 bridgehead atoms. The molecular formula is C17H18N4O2. The van der Waals surface area contributed by atoms with Crippen LogP contribution >= 0.6 is 0 Å². The highest BCUT2D eigenvalue weighted by Gasteiger charge is 2.33. The monoisotopic (exact) mass is 310 g/mol. The third-order valence-electron chi connectivity index (χ3n) is 4.52. The molecule has 6 heteroatoms. The van der Waals surface area contributed by atoms with Gasteiger partial charge in [0.15, 0.2) is 0 Å². The molecular weight excluding hydrogens is 292 g/mol. The number of benzene rings is 1. The van der Waals surface area contributed by atoms with Gasteiger partial charge in [0, 0.05) is 19.7 Å². The summed E-state index contributed by atoms with van der Waals surface area (Å²) in [5.74, 6) is 1.03. The van der Waals surface area contributed by atoms with E-state index in [1.165, 1.54) is 6.26 Å². The van der Waals surface area contributed by atoms with Crippen LogP contribution in [0.1, 0.15) is 30.4 Å². The van der Waals surface area contributed by atoms with Crippen LogP contribution in [0, 0.1) is 0 Å². The second kappa shape index (κ2) is 5.53. The van der Waals surface area contributed by atoms with Crippen molar-refractivity contribution in [3.8, 4) is 0 Å². The molecule has 1 fully saturated rings. The molecule has 23 heavy (non-hydrogen) atoms. The van der Waals surface area contributed by atoms with Crippen LogP contribution in [-0.2, 0) is 18.3 Å². The zero-order chi connectivity index (χ0) is 15.8. The summed E-state index contributed by atoms with van der Waals surface area (Å²) < 4.78 is 6.91. The molecule has 1 aromatic carbocycles. The average Bonchev–Trinajstić information content (AvgIpc) is 3.27. The lowest BCUT2D eigenvalue weighted by Crippen LogP contribution is -2.33. The highest BCUT2D eigenvalue weighted by Crippen LogP contribution is 2.33. The predicted molar refractivity (Wildman–Crippen MR) is 84.6 cm³/mol. The van der Waals surface area contributed by atoms with E-state index in [0.717, 1.165) is 36.2 Å². The highest BCUT2D eigenvalue weighted by molar-refractivity contribution is 5.80. The van der Waals surface area contributed by atoms with E-state index in [9.17, 15) is 4.79 Å². The number of likely N-dealkylation sites (tertiary alicyclic amines) is 1. The first-order valence-corrected chi connectivity index (χ1v) is 7.84. The Hall–Kier alpha value is -2.63. The van der Waals surface area contributed by atoms with Crippen LogP contribution < -0.4 is 0 Å². The molecule has 0 saturated carbocycles. The number of amides is 1. The number of nitrogens with zero attached hydrogens (tertiary/aromatic N) is 4. The van der Waals surface area contributed by atoms with Gasteiger partial charge in [0.2, 0.25) is 5.91 Å². The molecule has 4 rings (SSSR count). The third kappa shape index (κ3) is 2.40. The maximum absolute atomic E-state index is 12.6. The Morgan fingerprint density at radius 3 is 3.00 bits per heavy atom. The zero-order valence-electron chi connectivity index (χ0n) is 13.0. The number of rotatable bonds is 3. The molecule has 1 aliphatic rings. The number of carbonyl (C=O) groups excluding carboxylic acids is 1. The van der Waals surface area contributed by atoms with Crippen molar-refractivity contribution in [2.24, 2.45) is 7.05 Å². The molecule has 0 radical (unpaired) electrons. The first-order valence-electron chi connectivity index (χ1n) is 7.84. The van der Waals surface area contributed by atoms with Crippen molar-refractivity contribution in [3.63, 3.8) is 0 Å². The third-order valence-corrected chi connectivity index (χ3v) is 4.52. The molecule has 3 aromatic rings. The molecule has 2 aromatic heterocycles. The first kappa shape index (κ1) is 14.0. The molecule has 1 unspecified atom stereocenters. The van der Waals surface area contributed by atoms with E-state index in [-0.39, 0.29) is 18.4 Å². The summed E-state index contributed by atoms with van der Waals surface area (Å²) in [7, 11) is 2.02. The number of aromatic nitrogens is 3. The van der Waals surface area contributed by atoms with E-state index in [1.807, 2.05) is 30.1 Å². The van der Waals surface area contributed by atoms with Gasteiger partial charge < -0.3 is 14.0 Å². The molecule has 1 aliphatic heterocycles. The smallest absolute Gasteiger partial charge is 0.229 e. The summed E-state index contributed by atoms with van der Waals surface area (Å²) >= 11 is 0. The topological polar surface area (TPSA) is 64.2 Å². The number of fused-ring (bicyclic) bond motifs is 1. The maximum atomic E-state index is 12.6. The van der Waals surface area contributed by atoms with Gasteiger partial charge in [0.1, 0.15) is 12.1 Å². The fourth-order valence-electron chi connectivity index (χ4n) is 3.38. The van der Waals surface area contributed by atoms with Gasteiger partial charge in [-0.3, -0.25) is 4.79 Å². The minimum Gasteiger partial charge on any atom is -0.364 e. The Morgan fingerprint density at radius 1 is 1.35 bits per heavy atom. The van der Waals surface area contributed by atoms with E-state index in [0.29, 0.717) is 5.69 Å². The van der Waals surface area contributed by atoms with Gasteiger partial charge >= 0.3 is 0 Å². The van der Waals surface area contributed by atoms with E-state index in [4.69, 9.17) is 9.51 Å².